The highest BCUT2D eigenvalue weighted by molar-refractivity contribution is 5.93. The average Bonchev–Trinajstić information content (AvgIpc) is 2.94. The summed E-state index contributed by atoms with van der Waals surface area (Å²) in [5.74, 6) is -1.05. The molecule has 7 heteroatoms. The van der Waals surface area contributed by atoms with E-state index in [4.69, 9.17) is 5.73 Å². The Hall–Kier alpha value is -3.22. The first-order valence-electron chi connectivity index (χ1n) is 7.39. The zero-order chi connectivity index (χ0) is 17.3. The van der Waals surface area contributed by atoms with Crippen LogP contribution in [0.4, 0.5) is 0 Å². The topological polar surface area (TPSA) is 107 Å². The molecule has 2 aromatic heterocycles. The summed E-state index contributed by atoms with van der Waals surface area (Å²) in [6.45, 7) is 4.70. The van der Waals surface area contributed by atoms with E-state index in [0.717, 1.165) is 5.56 Å². The van der Waals surface area contributed by atoms with Crippen LogP contribution in [0.1, 0.15) is 27.2 Å². The van der Waals surface area contributed by atoms with Gasteiger partial charge in [0.15, 0.2) is 5.69 Å². The van der Waals surface area contributed by atoms with Crippen LogP contribution >= 0.6 is 0 Å². The van der Waals surface area contributed by atoms with Gasteiger partial charge in [0, 0.05) is 11.8 Å². The predicted octanol–water partition coefficient (Wildman–Crippen LogP) is 1.81. The van der Waals surface area contributed by atoms with Crippen molar-refractivity contribution in [2.45, 2.75) is 20.4 Å². The molecule has 0 aliphatic carbocycles. The maximum Gasteiger partial charge on any atom is 0.271 e. The van der Waals surface area contributed by atoms with Gasteiger partial charge in [0.2, 0.25) is 0 Å². The van der Waals surface area contributed by atoms with Crippen LogP contribution in [-0.4, -0.2) is 31.0 Å². The Morgan fingerprint density at radius 3 is 2.54 bits per heavy atom. The fourth-order valence-electron chi connectivity index (χ4n) is 2.64. The first kappa shape index (κ1) is 15.7. The van der Waals surface area contributed by atoms with Gasteiger partial charge in [-0.1, -0.05) is 34.5 Å². The summed E-state index contributed by atoms with van der Waals surface area (Å²) in [6.07, 6.45) is 3.20. The molecule has 122 valence electrons. The molecular formula is C17H17N5O2. The summed E-state index contributed by atoms with van der Waals surface area (Å²) in [4.78, 5) is 15.0. The van der Waals surface area contributed by atoms with Gasteiger partial charge in [-0.05, 0) is 25.5 Å². The molecule has 2 heterocycles. The Morgan fingerprint density at radius 1 is 1.21 bits per heavy atom. The highest BCUT2D eigenvalue weighted by atomic mass is 16.3. The number of nitrogens with zero attached hydrogens (tertiary/aromatic N) is 4. The number of aromatic nitrogens is 4. The molecular weight excluding hydrogens is 306 g/mol. The number of benzene rings is 1. The minimum atomic E-state index is -0.780. The molecule has 0 bridgehead atoms. The molecule has 0 atom stereocenters. The first-order chi connectivity index (χ1) is 11.4. The SMILES string of the molecule is Cc1cc(C)cc(Cn2cc(-c3cnc(C(N)=O)c(O)c3)nn2)c1. The second-order valence-electron chi connectivity index (χ2n) is 5.75. The normalized spacial score (nSPS) is 10.8. The Morgan fingerprint density at radius 2 is 1.92 bits per heavy atom. The number of rotatable bonds is 4. The number of nitrogens with two attached hydrogens (primary N) is 1. The summed E-state index contributed by atoms with van der Waals surface area (Å²) in [5, 5.41) is 18.0. The van der Waals surface area contributed by atoms with Gasteiger partial charge < -0.3 is 10.8 Å². The minimum absolute atomic E-state index is 0.165. The van der Waals surface area contributed by atoms with Crippen LogP contribution in [0.2, 0.25) is 0 Å². The van der Waals surface area contributed by atoms with E-state index in [2.05, 4.69) is 47.3 Å². The average molecular weight is 323 g/mol. The fourth-order valence-corrected chi connectivity index (χ4v) is 2.64. The van der Waals surface area contributed by atoms with E-state index < -0.39 is 5.91 Å². The van der Waals surface area contributed by atoms with Gasteiger partial charge in [-0.2, -0.15) is 0 Å². The lowest BCUT2D eigenvalue weighted by Gasteiger charge is -2.04. The van der Waals surface area contributed by atoms with Crippen LogP contribution in [-0.2, 0) is 6.54 Å². The smallest absolute Gasteiger partial charge is 0.271 e. The largest absolute Gasteiger partial charge is 0.505 e. The minimum Gasteiger partial charge on any atom is -0.505 e. The molecule has 3 aromatic rings. The van der Waals surface area contributed by atoms with Crippen LogP contribution < -0.4 is 5.73 Å². The van der Waals surface area contributed by atoms with Crippen molar-refractivity contribution in [3.05, 3.63) is 59.0 Å². The molecule has 0 aliphatic heterocycles. The fraction of sp³-hybridized carbons (Fsp3) is 0.176. The van der Waals surface area contributed by atoms with Gasteiger partial charge in [0.25, 0.3) is 5.91 Å². The number of hydrogen-bond acceptors (Lipinski definition) is 5. The summed E-state index contributed by atoms with van der Waals surface area (Å²) < 4.78 is 1.71. The first-order valence-corrected chi connectivity index (χ1v) is 7.39. The van der Waals surface area contributed by atoms with E-state index in [-0.39, 0.29) is 11.4 Å². The van der Waals surface area contributed by atoms with Crippen LogP contribution in [0.5, 0.6) is 5.75 Å². The van der Waals surface area contributed by atoms with Crippen LogP contribution in [0, 0.1) is 13.8 Å². The van der Waals surface area contributed by atoms with E-state index in [1.54, 1.807) is 10.9 Å². The van der Waals surface area contributed by atoms with Crippen molar-refractivity contribution >= 4 is 5.91 Å². The monoisotopic (exact) mass is 323 g/mol. The van der Waals surface area contributed by atoms with Crippen molar-refractivity contribution in [2.24, 2.45) is 5.73 Å². The predicted molar refractivity (Wildman–Crippen MR) is 88.5 cm³/mol. The molecule has 1 aromatic carbocycles. The quantitative estimate of drug-likeness (QED) is 0.761. The van der Waals surface area contributed by atoms with Gasteiger partial charge in [-0.25, -0.2) is 9.67 Å². The molecule has 0 fully saturated rings. The Labute approximate surface area is 138 Å². The molecule has 24 heavy (non-hydrogen) atoms. The number of aryl methyl sites for hydroxylation is 2. The third-order valence-electron chi connectivity index (χ3n) is 3.56. The van der Waals surface area contributed by atoms with Gasteiger partial charge in [-0.3, -0.25) is 4.79 Å². The second kappa shape index (κ2) is 6.11. The van der Waals surface area contributed by atoms with Gasteiger partial charge in [0.1, 0.15) is 11.4 Å². The van der Waals surface area contributed by atoms with Crippen molar-refractivity contribution in [2.75, 3.05) is 0 Å². The Kier molecular flexibility index (Phi) is 3.99. The molecule has 1 amide bonds. The van der Waals surface area contributed by atoms with Gasteiger partial charge >= 0.3 is 0 Å². The van der Waals surface area contributed by atoms with Crippen molar-refractivity contribution in [1.29, 1.82) is 0 Å². The van der Waals surface area contributed by atoms with Crippen molar-refractivity contribution in [3.8, 4) is 17.0 Å². The maximum absolute atomic E-state index is 11.1. The number of carbonyl (C=O) groups excluding carboxylic acids is 1. The lowest BCUT2D eigenvalue weighted by molar-refractivity contribution is 0.0993. The molecule has 3 rings (SSSR count). The molecule has 0 radical (unpaired) electrons. The molecule has 0 unspecified atom stereocenters. The highest BCUT2D eigenvalue weighted by Crippen LogP contribution is 2.23. The molecule has 0 saturated carbocycles. The summed E-state index contributed by atoms with van der Waals surface area (Å²) >= 11 is 0. The Bertz CT molecular complexity index is 897. The zero-order valence-corrected chi connectivity index (χ0v) is 13.4. The molecule has 0 saturated heterocycles. The molecule has 0 aliphatic rings. The van der Waals surface area contributed by atoms with E-state index >= 15 is 0 Å². The highest BCUT2D eigenvalue weighted by Gasteiger charge is 2.12. The number of pyridine rings is 1. The molecule has 3 N–H and O–H groups in total. The van der Waals surface area contributed by atoms with Crippen molar-refractivity contribution in [3.63, 3.8) is 0 Å². The standard InChI is InChI=1S/C17H17N5O2/c1-10-3-11(2)5-12(4-10)8-22-9-14(20-21-22)13-6-15(23)16(17(18)24)19-7-13/h3-7,9,23H,8H2,1-2H3,(H2,18,24). The third-order valence-corrected chi connectivity index (χ3v) is 3.56. The van der Waals surface area contributed by atoms with Crippen LogP contribution in [0.25, 0.3) is 11.3 Å². The van der Waals surface area contributed by atoms with Crippen LogP contribution in [0.3, 0.4) is 0 Å². The van der Waals surface area contributed by atoms with E-state index in [9.17, 15) is 9.90 Å². The number of primary amides is 1. The third kappa shape index (κ3) is 3.24. The zero-order valence-electron chi connectivity index (χ0n) is 13.4. The van der Waals surface area contributed by atoms with Crippen LogP contribution in [0.15, 0.2) is 36.7 Å². The Balaban J connectivity index is 1.85. The second-order valence-corrected chi connectivity index (χ2v) is 5.75. The summed E-state index contributed by atoms with van der Waals surface area (Å²) in [5.41, 5.74) is 9.60. The van der Waals surface area contributed by atoms with E-state index in [1.165, 1.54) is 23.4 Å². The lowest BCUT2D eigenvalue weighted by atomic mass is 10.1. The summed E-state index contributed by atoms with van der Waals surface area (Å²) in [6, 6.07) is 7.72. The van der Waals surface area contributed by atoms with E-state index in [0.29, 0.717) is 17.8 Å². The number of amides is 1. The van der Waals surface area contributed by atoms with Gasteiger partial charge in [-0.15, -0.1) is 5.10 Å². The molecule has 7 nitrogen and oxygen atoms in total. The number of hydrogen-bond donors (Lipinski definition) is 2. The lowest BCUT2D eigenvalue weighted by Crippen LogP contribution is -2.13. The molecule has 0 spiro atoms. The van der Waals surface area contributed by atoms with Crippen molar-refractivity contribution < 1.29 is 9.90 Å². The van der Waals surface area contributed by atoms with Crippen molar-refractivity contribution in [1.82, 2.24) is 20.0 Å². The maximum atomic E-state index is 11.1. The number of carbonyl (C=O) groups is 1. The van der Waals surface area contributed by atoms with Gasteiger partial charge in [0.05, 0.1) is 12.7 Å². The summed E-state index contributed by atoms with van der Waals surface area (Å²) in [7, 11) is 0. The number of aromatic hydroxyl groups is 1. The van der Waals surface area contributed by atoms with E-state index in [1.807, 2.05) is 0 Å².